The Hall–Kier alpha value is -3.95. The number of hydrogen-bond donors (Lipinski definition) is 1. The summed E-state index contributed by atoms with van der Waals surface area (Å²) in [7, 11) is 0. The summed E-state index contributed by atoms with van der Waals surface area (Å²) in [6.07, 6.45) is 5.00. The van der Waals surface area contributed by atoms with Gasteiger partial charge in [0.25, 0.3) is 5.91 Å². The van der Waals surface area contributed by atoms with Gasteiger partial charge >= 0.3 is 6.09 Å². The third kappa shape index (κ3) is 5.14. The molecular formula is C27H27ClN6O3. The highest BCUT2D eigenvalue weighted by Gasteiger charge is 2.31. The van der Waals surface area contributed by atoms with Gasteiger partial charge in [0.2, 0.25) is 0 Å². The molecule has 2 N–H and O–H groups in total. The van der Waals surface area contributed by atoms with Gasteiger partial charge in [0.1, 0.15) is 6.17 Å². The number of imidazole rings is 1. The van der Waals surface area contributed by atoms with E-state index >= 15 is 0 Å². The average Bonchev–Trinajstić information content (AvgIpc) is 3.46. The minimum Gasteiger partial charge on any atom is -0.449 e. The van der Waals surface area contributed by atoms with Crippen LogP contribution in [0.2, 0.25) is 5.02 Å². The van der Waals surface area contributed by atoms with E-state index in [0.29, 0.717) is 41.5 Å². The van der Waals surface area contributed by atoms with E-state index in [2.05, 4.69) is 4.98 Å². The summed E-state index contributed by atoms with van der Waals surface area (Å²) in [6, 6.07) is 15.0. The van der Waals surface area contributed by atoms with Gasteiger partial charge in [-0.05, 0) is 36.8 Å². The Kier molecular flexibility index (Phi) is 7.07. The molecule has 1 atom stereocenters. The Morgan fingerprint density at radius 1 is 1.14 bits per heavy atom. The Morgan fingerprint density at radius 3 is 2.65 bits per heavy atom. The first-order chi connectivity index (χ1) is 17.9. The monoisotopic (exact) mass is 518 g/mol. The Bertz CT molecular complexity index is 1420. The van der Waals surface area contributed by atoms with E-state index in [0.717, 1.165) is 23.1 Å². The maximum atomic E-state index is 13.3. The predicted molar refractivity (Wildman–Crippen MR) is 142 cm³/mol. The molecule has 1 saturated heterocycles. The summed E-state index contributed by atoms with van der Waals surface area (Å²) in [5, 5.41) is 1.32. The number of nitrogens with two attached hydrogens (primary N) is 1. The predicted octanol–water partition coefficient (Wildman–Crippen LogP) is 4.33. The van der Waals surface area contributed by atoms with Crippen LogP contribution in [-0.4, -0.2) is 68.7 Å². The largest absolute Gasteiger partial charge is 0.449 e. The molecule has 2 amide bonds. The molecule has 2 aromatic heterocycles. The number of pyridine rings is 1. The minimum absolute atomic E-state index is 0.174. The quantitative estimate of drug-likeness (QED) is 0.421. The number of carbonyl (C=O) groups is 2. The molecule has 2 aromatic carbocycles. The third-order valence-corrected chi connectivity index (χ3v) is 6.65. The van der Waals surface area contributed by atoms with Crippen LogP contribution in [0.4, 0.5) is 4.79 Å². The summed E-state index contributed by atoms with van der Waals surface area (Å²) >= 11 is 6.59. The molecule has 10 heteroatoms. The molecule has 3 heterocycles. The van der Waals surface area contributed by atoms with E-state index in [-0.39, 0.29) is 12.5 Å². The molecule has 0 spiro atoms. The number of fused-ring (bicyclic) bond motifs is 1. The van der Waals surface area contributed by atoms with Crippen molar-refractivity contribution in [3.63, 3.8) is 0 Å². The second-order valence-corrected chi connectivity index (χ2v) is 9.27. The highest BCUT2D eigenvalue weighted by atomic mass is 35.5. The number of carbonyl (C=O) groups excluding carboxylic acids is 2. The number of ether oxygens (including phenoxy) is 1. The number of nitrogens with zero attached hydrogens (tertiary/aromatic N) is 5. The molecule has 190 valence electrons. The zero-order chi connectivity index (χ0) is 25.9. The van der Waals surface area contributed by atoms with Crippen LogP contribution in [0.25, 0.3) is 27.8 Å². The van der Waals surface area contributed by atoms with Crippen LogP contribution in [0.3, 0.4) is 0 Å². The van der Waals surface area contributed by atoms with Gasteiger partial charge in [0.15, 0.2) is 0 Å². The number of piperazine rings is 1. The summed E-state index contributed by atoms with van der Waals surface area (Å²) in [5.41, 5.74) is 9.90. The van der Waals surface area contributed by atoms with Crippen LogP contribution in [0.1, 0.15) is 23.7 Å². The summed E-state index contributed by atoms with van der Waals surface area (Å²) in [6.45, 7) is 3.16. The van der Waals surface area contributed by atoms with E-state index in [4.69, 9.17) is 27.1 Å². The number of hydrogen-bond acceptors (Lipinski definition) is 6. The van der Waals surface area contributed by atoms with Crippen molar-refractivity contribution in [2.75, 3.05) is 26.2 Å². The minimum atomic E-state index is -0.632. The molecule has 37 heavy (non-hydrogen) atoms. The van der Waals surface area contributed by atoms with E-state index < -0.39 is 12.3 Å². The Morgan fingerprint density at radius 2 is 1.95 bits per heavy atom. The van der Waals surface area contributed by atoms with Crippen molar-refractivity contribution in [2.24, 2.45) is 5.73 Å². The lowest BCUT2D eigenvalue weighted by atomic mass is 10.1. The molecule has 0 radical (unpaired) electrons. The van der Waals surface area contributed by atoms with Gasteiger partial charge < -0.3 is 19.9 Å². The first kappa shape index (κ1) is 24.7. The number of benzene rings is 2. The molecule has 0 bridgehead atoms. The van der Waals surface area contributed by atoms with Crippen LogP contribution in [-0.2, 0) is 4.74 Å². The van der Waals surface area contributed by atoms with Crippen molar-refractivity contribution < 1.29 is 14.3 Å². The fraction of sp³-hybridized carbons (Fsp3) is 0.259. The molecule has 5 rings (SSSR count). The third-order valence-electron chi connectivity index (χ3n) is 6.34. The van der Waals surface area contributed by atoms with E-state index in [1.54, 1.807) is 29.6 Å². The second kappa shape index (κ2) is 10.6. The lowest BCUT2D eigenvalue weighted by molar-refractivity contribution is 0.0390. The zero-order valence-electron chi connectivity index (χ0n) is 20.4. The van der Waals surface area contributed by atoms with Gasteiger partial charge in [0.05, 0.1) is 35.7 Å². The highest BCUT2D eigenvalue weighted by Crippen LogP contribution is 2.29. The first-order valence-corrected chi connectivity index (χ1v) is 12.5. The van der Waals surface area contributed by atoms with Gasteiger partial charge in [-0.15, -0.1) is 0 Å². The first-order valence-electron chi connectivity index (χ1n) is 12.1. The normalized spacial score (nSPS) is 15.7. The van der Waals surface area contributed by atoms with Gasteiger partial charge in [-0.3, -0.25) is 9.69 Å². The van der Waals surface area contributed by atoms with Gasteiger partial charge in [-0.1, -0.05) is 36.7 Å². The fourth-order valence-electron chi connectivity index (χ4n) is 4.36. The fourth-order valence-corrected chi connectivity index (χ4v) is 4.62. The summed E-state index contributed by atoms with van der Waals surface area (Å²) < 4.78 is 7.11. The lowest BCUT2D eigenvalue weighted by Gasteiger charge is -2.38. The summed E-state index contributed by atoms with van der Waals surface area (Å²) in [4.78, 5) is 37.5. The standard InChI is InChI=1S/C27H27ClN6O3/c1-2-13-37-27(36)34-12-11-32(16-25(34)29)26(35)19-5-8-21-22(28)15-23(31-24(21)14-19)18-3-6-20(7-4-18)33-10-9-30-17-33/h3-10,14-15,17,25H,2,11-13,16,29H2,1H3/t25-/m0/s1. The lowest BCUT2D eigenvalue weighted by Crippen LogP contribution is -2.60. The molecule has 1 fully saturated rings. The van der Waals surface area contributed by atoms with Crippen LogP contribution in [0.15, 0.2) is 67.3 Å². The molecule has 4 aromatic rings. The molecule has 0 saturated carbocycles. The highest BCUT2D eigenvalue weighted by molar-refractivity contribution is 6.35. The SMILES string of the molecule is CCCOC(=O)N1CCN(C(=O)c2ccc3c(Cl)cc(-c4ccc(-n5ccnc5)cc4)nc3c2)C[C@H]1N. The number of amides is 2. The smallest absolute Gasteiger partial charge is 0.411 e. The number of halogens is 1. The van der Waals surface area contributed by atoms with E-state index in [9.17, 15) is 9.59 Å². The van der Waals surface area contributed by atoms with Gasteiger partial charge in [-0.2, -0.15) is 0 Å². The van der Waals surface area contributed by atoms with Crippen LogP contribution < -0.4 is 5.73 Å². The van der Waals surface area contributed by atoms with Crippen molar-refractivity contribution in [3.05, 3.63) is 77.8 Å². The number of rotatable bonds is 5. The van der Waals surface area contributed by atoms with E-state index in [1.807, 2.05) is 54.1 Å². The maximum Gasteiger partial charge on any atom is 0.411 e. The van der Waals surface area contributed by atoms with Gasteiger partial charge in [-0.25, -0.2) is 14.8 Å². The Balaban J connectivity index is 1.36. The molecule has 0 aliphatic carbocycles. The molecule has 9 nitrogen and oxygen atoms in total. The maximum absolute atomic E-state index is 13.3. The summed E-state index contributed by atoms with van der Waals surface area (Å²) in [5.74, 6) is -0.174. The van der Waals surface area contributed by atoms with Crippen molar-refractivity contribution in [1.82, 2.24) is 24.3 Å². The van der Waals surface area contributed by atoms with Crippen molar-refractivity contribution in [2.45, 2.75) is 19.5 Å². The molecular weight excluding hydrogens is 492 g/mol. The molecule has 1 aliphatic rings. The second-order valence-electron chi connectivity index (χ2n) is 8.86. The average molecular weight is 519 g/mol. The van der Waals surface area contributed by atoms with Gasteiger partial charge in [0, 0.05) is 47.7 Å². The van der Waals surface area contributed by atoms with Crippen LogP contribution in [0, 0.1) is 0 Å². The topological polar surface area (TPSA) is 107 Å². The van der Waals surface area contributed by atoms with Crippen LogP contribution in [0.5, 0.6) is 0 Å². The van der Waals surface area contributed by atoms with Crippen molar-refractivity contribution >= 4 is 34.5 Å². The van der Waals surface area contributed by atoms with Crippen molar-refractivity contribution in [1.29, 1.82) is 0 Å². The zero-order valence-corrected chi connectivity index (χ0v) is 21.1. The Labute approximate surface area is 219 Å². The van der Waals surface area contributed by atoms with E-state index in [1.165, 1.54) is 4.90 Å². The molecule has 1 aliphatic heterocycles. The van der Waals surface area contributed by atoms with Crippen LogP contribution >= 0.6 is 11.6 Å². The van der Waals surface area contributed by atoms with Crippen molar-refractivity contribution in [3.8, 4) is 16.9 Å². The number of aromatic nitrogens is 3. The molecule has 0 unspecified atom stereocenters.